The summed E-state index contributed by atoms with van der Waals surface area (Å²) < 4.78 is 1.94. The van der Waals surface area contributed by atoms with Crippen molar-refractivity contribution in [3.8, 4) is 11.4 Å². The van der Waals surface area contributed by atoms with Crippen molar-refractivity contribution in [2.24, 2.45) is 7.05 Å². The van der Waals surface area contributed by atoms with E-state index in [0.717, 1.165) is 42.7 Å². The second-order valence-corrected chi connectivity index (χ2v) is 6.65. The van der Waals surface area contributed by atoms with Crippen molar-refractivity contribution >= 4 is 17.7 Å². The van der Waals surface area contributed by atoms with Gasteiger partial charge in [-0.05, 0) is 7.05 Å². The molecule has 6 nitrogen and oxygen atoms in total. The van der Waals surface area contributed by atoms with Gasteiger partial charge in [0.25, 0.3) is 0 Å². The number of benzene rings is 1. The number of hydrogen-bond acceptors (Lipinski definition) is 5. The maximum Gasteiger partial charge on any atom is 0.233 e. The second-order valence-electron chi connectivity index (χ2n) is 5.70. The van der Waals surface area contributed by atoms with Gasteiger partial charge in [-0.15, -0.1) is 10.2 Å². The maximum absolute atomic E-state index is 12.3. The summed E-state index contributed by atoms with van der Waals surface area (Å²) in [6.45, 7) is 3.50. The van der Waals surface area contributed by atoms with Gasteiger partial charge in [-0.2, -0.15) is 0 Å². The fourth-order valence-corrected chi connectivity index (χ4v) is 3.37. The van der Waals surface area contributed by atoms with Crippen molar-refractivity contribution in [3.63, 3.8) is 0 Å². The molecule has 0 aliphatic carbocycles. The first-order valence-electron chi connectivity index (χ1n) is 7.69. The number of aromatic nitrogens is 3. The Bertz CT molecular complexity index is 664. The average molecular weight is 331 g/mol. The van der Waals surface area contributed by atoms with Crippen molar-refractivity contribution in [2.45, 2.75) is 5.16 Å². The highest BCUT2D eigenvalue weighted by atomic mass is 32.2. The Balaban J connectivity index is 1.61. The molecule has 0 N–H and O–H groups in total. The predicted octanol–water partition coefficient (Wildman–Crippen LogP) is 1.35. The minimum absolute atomic E-state index is 0.173. The molecule has 0 atom stereocenters. The number of carbonyl (C=O) groups is 1. The molecule has 0 bridgehead atoms. The van der Waals surface area contributed by atoms with Crippen LogP contribution in [0.5, 0.6) is 0 Å². The molecule has 2 heterocycles. The molecule has 7 heteroatoms. The number of thioether (sulfide) groups is 1. The van der Waals surface area contributed by atoms with E-state index >= 15 is 0 Å². The lowest BCUT2D eigenvalue weighted by Gasteiger charge is -2.32. The highest BCUT2D eigenvalue weighted by molar-refractivity contribution is 7.99. The zero-order chi connectivity index (χ0) is 16.2. The smallest absolute Gasteiger partial charge is 0.233 e. The lowest BCUT2D eigenvalue weighted by molar-refractivity contribution is -0.129. The quantitative estimate of drug-likeness (QED) is 0.792. The molecule has 1 fully saturated rings. The number of piperazine rings is 1. The molecule has 122 valence electrons. The fourth-order valence-electron chi connectivity index (χ4n) is 2.55. The zero-order valence-corrected chi connectivity index (χ0v) is 14.3. The van der Waals surface area contributed by atoms with Gasteiger partial charge in [-0.25, -0.2) is 0 Å². The predicted molar refractivity (Wildman–Crippen MR) is 91.2 cm³/mol. The number of hydrogen-bond donors (Lipinski definition) is 0. The maximum atomic E-state index is 12.3. The first-order chi connectivity index (χ1) is 11.1. The highest BCUT2D eigenvalue weighted by Crippen LogP contribution is 2.22. The Morgan fingerprint density at radius 1 is 1.09 bits per heavy atom. The third-order valence-electron chi connectivity index (χ3n) is 4.05. The second kappa shape index (κ2) is 7.14. The van der Waals surface area contributed by atoms with E-state index in [1.165, 1.54) is 11.8 Å². The summed E-state index contributed by atoms with van der Waals surface area (Å²) >= 11 is 1.45. The van der Waals surface area contributed by atoms with Crippen molar-refractivity contribution in [1.29, 1.82) is 0 Å². The van der Waals surface area contributed by atoms with Gasteiger partial charge < -0.3 is 14.4 Å². The Kier molecular flexibility index (Phi) is 4.97. The zero-order valence-electron chi connectivity index (χ0n) is 13.5. The van der Waals surface area contributed by atoms with Crippen LogP contribution in [0.25, 0.3) is 11.4 Å². The fraction of sp³-hybridized carbons (Fsp3) is 0.438. The summed E-state index contributed by atoms with van der Waals surface area (Å²) in [7, 11) is 4.02. The SMILES string of the molecule is CN1CCN(C(=O)CSc2nnc(-c3ccccc3)n2C)CC1. The molecule has 2 aromatic rings. The van der Waals surface area contributed by atoms with Crippen LogP contribution in [0, 0.1) is 0 Å². The third-order valence-corrected chi connectivity index (χ3v) is 5.05. The normalized spacial score (nSPS) is 15.8. The monoisotopic (exact) mass is 331 g/mol. The Morgan fingerprint density at radius 3 is 2.48 bits per heavy atom. The van der Waals surface area contributed by atoms with Crippen molar-refractivity contribution in [2.75, 3.05) is 39.0 Å². The summed E-state index contributed by atoms with van der Waals surface area (Å²) in [5.74, 6) is 1.40. The van der Waals surface area contributed by atoms with Crippen LogP contribution >= 0.6 is 11.8 Å². The summed E-state index contributed by atoms with van der Waals surface area (Å²) in [5, 5.41) is 9.23. The molecule has 3 rings (SSSR count). The van der Waals surface area contributed by atoms with Gasteiger partial charge in [0.1, 0.15) is 0 Å². The molecule has 0 radical (unpaired) electrons. The lowest BCUT2D eigenvalue weighted by atomic mass is 10.2. The van der Waals surface area contributed by atoms with Gasteiger partial charge in [0, 0.05) is 38.8 Å². The Morgan fingerprint density at radius 2 is 1.78 bits per heavy atom. The minimum atomic E-state index is 0.173. The Hall–Kier alpha value is -1.86. The molecule has 1 saturated heterocycles. The Labute approximate surface area is 140 Å². The lowest BCUT2D eigenvalue weighted by Crippen LogP contribution is -2.47. The number of amides is 1. The summed E-state index contributed by atoms with van der Waals surface area (Å²) in [6.07, 6.45) is 0. The van der Waals surface area contributed by atoms with Gasteiger partial charge in [0.05, 0.1) is 5.75 Å². The first kappa shape index (κ1) is 16.0. The van der Waals surface area contributed by atoms with Gasteiger partial charge in [-0.3, -0.25) is 4.79 Å². The summed E-state index contributed by atoms with van der Waals surface area (Å²) in [6, 6.07) is 9.95. The molecule has 1 aromatic heterocycles. The standard InChI is InChI=1S/C16H21N5OS/c1-19-8-10-21(11-9-19)14(22)12-23-16-18-17-15(20(16)2)13-6-4-3-5-7-13/h3-7H,8-12H2,1-2H3. The van der Waals surface area contributed by atoms with Crippen LogP contribution in [0.1, 0.15) is 0 Å². The topological polar surface area (TPSA) is 54.3 Å². The van der Waals surface area contributed by atoms with E-state index in [1.54, 1.807) is 0 Å². The van der Waals surface area contributed by atoms with E-state index < -0.39 is 0 Å². The average Bonchev–Trinajstić information content (AvgIpc) is 2.95. The summed E-state index contributed by atoms with van der Waals surface area (Å²) in [5.41, 5.74) is 1.03. The molecule has 1 aliphatic heterocycles. The molecule has 0 spiro atoms. The van der Waals surface area contributed by atoms with E-state index in [0.29, 0.717) is 5.75 Å². The van der Waals surface area contributed by atoms with Gasteiger partial charge in [0.15, 0.2) is 11.0 Å². The van der Waals surface area contributed by atoms with Crippen LogP contribution in [0.15, 0.2) is 35.5 Å². The number of rotatable bonds is 4. The molecular weight excluding hydrogens is 310 g/mol. The summed E-state index contributed by atoms with van der Waals surface area (Å²) in [4.78, 5) is 16.5. The van der Waals surface area contributed by atoms with Crippen LogP contribution in [0.3, 0.4) is 0 Å². The van der Waals surface area contributed by atoms with Crippen molar-refractivity contribution in [1.82, 2.24) is 24.6 Å². The van der Waals surface area contributed by atoms with Gasteiger partial charge in [-0.1, -0.05) is 42.1 Å². The van der Waals surface area contributed by atoms with Crippen molar-refractivity contribution in [3.05, 3.63) is 30.3 Å². The molecular formula is C16H21N5OS. The minimum Gasteiger partial charge on any atom is -0.339 e. The molecule has 23 heavy (non-hydrogen) atoms. The van der Waals surface area contributed by atoms with E-state index in [9.17, 15) is 4.79 Å². The molecule has 0 unspecified atom stereocenters. The van der Waals surface area contributed by atoms with E-state index in [1.807, 2.05) is 46.8 Å². The number of nitrogens with zero attached hydrogens (tertiary/aromatic N) is 5. The van der Waals surface area contributed by atoms with Crippen LogP contribution < -0.4 is 0 Å². The van der Waals surface area contributed by atoms with Gasteiger partial charge >= 0.3 is 0 Å². The molecule has 1 aromatic carbocycles. The molecule has 1 amide bonds. The first-order valence-corrected chi connectivity index (χ1v) is 8.67. The largest absolute Gasteiger partial charge is 0.339 e. The molecule has 1 aliphatic rings. The third kappa shape index (κ3) is 3.73. The van der Waals surface area contributed by atoms with Crippen LogP contribution in [0.2, 0.25) is 0 Å². The highest BCUT2D eigenvalue weighted by Gasteiger charge is 2.20. The van der Waals surface area contributed by atoms with Crippen LogP contribution in [0.4, 0.5) is 0 Å². The van der Waals surface area contributed by atoms with E-state index in [2.05, 4.69) is 22.1 Å². The van der Waals surface area contributed by atoms with Crippen LogP contribution in [-0.4, -0.2) is 69.5 Å². The van der Waals surface area contributed by atoms with Crippen LogP contribution in [-0.2, 0) is 11.8 Å². The number of carbonyl (C=O) groups excluding carboxylic acids is 1. The molecule has 0 saturated carbocycles. The van der Waals surface area contributed by atoms with Crippen molar-refractivity contribution < 1.29 is 4.79 Å². The van der Waals surface area contributed by atoms with Gasteiger partial charge in [0.2, 0.25) is 5.91 Å². The van der Waals surface area contributed by atoms with E-state index in [-0.39, 0.29) is 5.91 Å². The van der Waals surface area contributed by atoms with E-state index in [4.69, 9.17) is 0 Å². The number of likely N-dealkylation sites (N-methyl/N-ethyl adjacent to an activating group) is 1.